The summed E-state index contributed by atoms with van der Waals surface area (Å²) in [5.41, 5.74) is 0.473. The average Bonchev–Trinajstić information content (AvgIpc) is 2.46. The van der Waals surface area contributed by atoms with E-state index in [0.29, 0.717) is 17.6 Å². The predicted octanol–water partition coefficient (Wildman–Crippen LogP) is 3.28. The quantitative estimate of drug-likeness (QED) is 0.800. The Morgan fingerprint density at radius 3 is 2.52 bits per heavy atom. The zero-order valence-corrected chi connectivity index (χ0v) is 12.6. The first-order valence-corrected chi connectivity index (χ1v) is 7.70. The number of rotatable bonds is 3. The van der Waals surface area contributed by atoms with Crippen molar-refractivity contribution in [2.24, 2.45) is 5.92 Å². The Morgan fingerprint density at radius 2 is 1.95 bits per heavy atom. The van der Waals surface area contributed by atoms with E-state index in [1.54, 1.807) is 12.1 Å². The van der Waals surface area contributed by atoms with E-state index < -0.39 is 5.82 Å². The van der Waals surface area contributed by atoms with Crippen molar-refractivity contribution in [3.8, 4) is 5.75 Å². The SMILES string of the molecule is COc1ccc(C(=O)C2CC3CCCC(C2)N3C)cc1F. The summed E-state index contributed by atoms with van der Waals surface area (Å²) in [5.74, 6) is -0.158. The molecule has 3 rings (SSSR count). The minimum absolute atomic E-state index is 0.0318. The topological polar surface area (TPSA) is 29.5 Å². The molecule has 1 aromatic rings. The van der Waals surface area contributed by atoms with Crippen molar-refractivity contribution in [2.45, 2.75) is 44.2 Å². The normalized spacial score (nSPS) is 29.2. The van der Waals surface area contributed by atoms with Crippen LogP contribution in [0, 0.1) is 11.7 Å². The standard InChI is InChI=1S/C17H22FNO2/c1-19-13-4-3-5-14(19)9-12(8-13)17(20)11-6-7-16(21-2)15(18)10-11/h6-7,10,12-14H,3-5,8-9H2,1-2H3. The van der Waals surface area contributed by atoms with Gasteiger partial charge in [0.2, 0.25) is 0 Å². The van der Waals surface area contributed by atoms with Crippen LogP contribution in [0.4, 0.5) is 4.39 Å². The van der Waals surface area contributed by atoms with Crippen LogP contribution in [0.1, 0.15) is 42.5 Å². The molecule has 2 bridgehead atoms. The number of methoxy groups -OCH3 is 1. The van der Waals surface area contributed by atoms with Crippen molar-refractivity contribution in [3.63, 3.8) is 0 Å². The maximum Gasteiger partial charge on any atom is 0.166 e. The van der Waals surface area contributed by atoms with Gasteiger partial charge in [-0.3, -0.25) is 4.79 Å². The van der Waals surface area contributed by atoms with Gasteiger partial charge in [0, 0.05) is 23.6 Å². The number of hydrogen-bond donors (Lipinski definition) is 0. The lowest BCUT2D eigenvalue weighted by molar-refractivity contribution is 0.0338. The Kier molecular flexibility index (Phi) is 3.98. The minimum Gasteiger partial charge on any atom is -0.494 e. The van der Waals surface area contributed by atoms with Crippen LogP contribution in [0.15, 0.2) is 18.2 Å². The number of benzene rings is 1. The summed E-state index contributed by atoms with van der Waals surface area (Å²) in [5, 5.41) is 0. The van der Waals surface area contributed by atoms with Gasteiger partial charge in [0.25, 0.3) is 0 Å². The molecule has 2 aliphatic heterocycles. The molecule has 0 radical (unpaired) electrons. The lowest BCUT2D eigenvalue weighted by Crippen LogP contribution is -2.51. The summed E-state index contributed by atoms with van der Waals surface area (Å²) in [6, 6.07) is 5.55. The van der Waals surface area contributed by atoms with Crippen LogP contribution < -0.4 is 4.74 Å². The first kappa shape index (κ1) is 14.5. The number of ketones is 1. The van der Waals surface area contributed by atoms with Gasteiger partial charge < -0.3 is 9.64 Å². The third kappa shape index (κ3) is 2.69. The fourth-order valence-corrected chi connectivity index (χ4v) is 3.89. The largest absolute Gasteiger partial charge is 0.494 e. The van der Waals surface area contributed by atoms with E-state index in [1.807, 2.05) is 0 Å². The summed E-state index contributed by atoms with van der Waals surface area (Å²) >= 11 is 0. The van der Waals surface area contributed by atoms with Crippen LogP contribution in [0.5, 0.6) is 5.75 Å². The van der Waals surface area contributed by atoms with Gasteiger partial charge in [0.1, 0.15) is 0 Å². The van der Waals surface area contributed by atoms with Crippen molar-refractivity contribution in [3.05, 3.63) is 29.6 Å². The zero-order valence-electron chi connectivity index (χ0n) is 12.6. The summed E-state index contributed by atoms with van der Waals surface area (Å²) in [6.07, 6.45) is 5.41. The van der Waals surface area contributed by atoms with E-state index in [0.717, 1.165) is 12.8 Å². The van der Waals surface area contributed by atoms with Gasteiger partial charge in [0.05, 0.1) is 7.11 Å². The van der Waals surface area contributed by atoms with Gasteiger partial charge in [-0.15, -0.1) is 0 Å². The van der Waals surface area contributed by atoms with E-state index in [4.69, 9.17) is 4.74 Å². The van der Waals surface area contributed by atoms with E-state index in [-0.39, 0.29) is 17.5 Å². The molecule has 2 saturated heterocycles. The number of nitrogens with zero attached hydrogens (tertiary/aromatic N) is 1. The van der Waals surface area contributed by atoms with Gasteiger partial charge in [-0.1, -0.05) is 6.42 Å². The van der Waals surface area contributed by atoms with Gasteiger partial charge in [-0.05, 0) is 50.9 Å². The molecule has 0 spiro atoms. The highest BCUT2D eigenvalue weighted by atomic mass is 19.1. The maximum atomic E-state index is 13.8. The summed E-state index contributed by atoms with van der Waals surface area (Å²) in [6.45, 7) is 0. The molecule has 3 nitrogen and oxygen atoms in total. The van der Waals surface area contributed by atoms with Crippen LogP contribution in [0.25, 0.3) is 0 Å². The third-order valence-electron chi connectivity index (χ3n) is 5.15. The molecule has 2 heterocycles. The lowest BCUT2D eigenvalue weighted by atomic mass is 9.76. The minimum atomic E-state index is -0.462. The Hall–Kier alpha value is -1.42. The molecule has 1 aromatic carbocycles. The molecular formula is C17H22FNO2. The second-order valence-corrected chi connectivity index (χ2v) is 6.29. The number of piperidine rings is 2. The highest BCUT2D eigenvalue weighted by molar-refractivity contribution is 5.98. The van der Waals surface area contributed by atoms with E-state index in [2.05, 4.69) is 11.9 Å². The zero-order chi connectivity index (χ0) is 15.0. The highest BCUT2D eigenvalue weighted by Crippen LogP contribution is 2.37. The molecule has 114 valence electrons. The first-order valence-electron chi connectivity index (χ1n) is 7.70. The number of carbonyl (C=O) groups excluding carboxylic acids is 1. The Bertz CT molecular complexity index is 532. The number of ether oxygens (including phenoxy) is 1. The van der Waals surface area contributed by atoms with Crippen molar-refractivity contribution in [2.75, 3.05) is 14.2 Å². The van der Waals surface area contributed by atoms with Gasteiger partial charge in [0.15, 0.2) is 17.3 Å². The monoisotopic (exact) mass is 291 g/mol. The fourth-order valence-electron chi connectivity index (χ4n) is 3.89. The van der Waals surface area contributed by atoms with Gasteiger partial charge >= 0.3 is 0 Å². The number of Topliss-reactive ketones (excluding diaryl/α,β-unsaturated/α-hetero) is 1. The molecule has 0 amide bonds. The fraction of sp³-hybridized carbons (Fsp3) is 0.588. The van der Waals surface area contributed by atoms with Crippen LogP contribution in [0.3, 0.4) is 0 Å². The second-order valence-electron chi connectivity index (χ2n) is 6.29. The summed E-state index contributed by atoms with van der Waals surface area (Å²) in [4.78, 5) is 15.1. The molecule has 0 aromatic heterocycles. The average molecular weight is 291 g/mol. The third-order valence-corrected chi connectivity index (χ3v) is 5.15. The smallest absolute Gasteiger partial charge is 0.166 e. The van der Waals surface area contributed by atoms with Crippen molar-refractivity contribution >= 4 is 5.78 Å². The number of hydrogen-bond acceptors (Lipinski definition) is 3. The molecule has 2 aliphatic rings. The lowest BCUT2D eigenvalue weighted by Gasteiger charge is -2.46. The molecule has 0 N–H and O–H groups in total. The van der Waals surface area contributed by atoms with E-state index >= 15 is 0 Å². The Morgan fingerprint density at radius 1 is 1.29 bits per heavy atom. The molecular weight excluding hydrogens is 269 g/mol. The maximum absolute atomic E-state index is 13.8. The Balaban J connectivity index is 1.78. The predicted molar refractivity (Wildman–Crippen MR) is 79.2 cm³/mol. The summed E-state index contributed by atoms with van der Waals surface area (Å²) < 4.78 is 18.7. The van der Waals surface area contributed by atoms with Crippen LogP contribution in [-0.4, -0.2) is 36.9 Å². The van der Waals surface area contributed by atoms with Crippen LogP contribution in [0.2, 0.25) is 0 Å². The Labute approximate surface area is 125 Å². The number of fused-ring (bicyclic) bond motifs is 2. The molecule has 2 fully saturated rings. The van der Waals surface area contributed by atoms with Gasteiger partial charge in [-0.25, -0.2) is 4.39 Å². The molecule has 2 unspecified atom stereocenters. The van der Waals surface area contributed by atoms with E-state index in [9.17, 15) is 9.18 Å². The molecule has 4 heteroatoms. The first-order chi connectivity index (χ1) is 10.1. The van der Waals surface area contributed by atoms with Crippen molar-refractivity contribution in [1.82, 2.24) is 4.90 Å². The second kappa shape index (κ2) is 5.76. The molecule has 21 heavy (non-hydrogen) atoms. The number of halogens is 1. The molecule has 0 aliphatic carbocycles. The van der Waals surface area contributed by atoms with Crippen molar-refractivity contribution in [1.29, 1.82) is 0 Å². The number of carbonyl (C=O) groups is 1. The van der Waals surface area contributed by atoms with Gasteiger partial charge in [-0.2, -0.15) is 0 Å². The molecule has 2 atom stereocenters. The van der Waals surface area contributed by atoms with Crippen molar-refractivity contribution < 1.29 is 13.9 Å². The van der Waals surface area contributed by atoms with E-state index in [1.165, 1.54) is 32.4 Å². The summed E-state index contributed by atoms with van der Waals surface area (Å²) in [7, 11) is 3.60. The van der Waals surface area contributed by atoms with Crippen LogP contribution >= 0.6 is 0 Å². The molecule has 0 saturated carbocycles. The highest BCUT2D eigenvalue weighted by Gasteiger charge is 2.38. The van der Waals surface area contributed by atoms with Crippen LogP contribution in [-0.2, 0) is 0 Å².